The van der Waals surface area contributed by atoms with Crippen molar-refractivity contribution < 1.29 is 14.7 Å². The van der Waals surface area contributed by atoms with E-state index in [4.69, 9.17) is 0 Å². The molecule has 0 aromatic heterocycles. The van der Waals surface area contributed by atoms with E-state index in [-0.39, 0.29) is 12.3 Å². The van der Waals surface area contributed by atoms with E-state index in [1.807, 2.05) is 60.7 Å². The third-order valence-corrected chi connectivity index (χ3v) is 4.36. The van der Waals surface area contributed by atoms with Crippen molar-refractivity contribution in [3.8, 4) is 0 Å². The van der Waals surface area contributed by atoms with Gasteiger partial charge in [-0.2, -0.15) is 0 Å². The van der Waals surface area contributed by atoms with Gasteiger partial charge in [0.2, 0.25) is 5.91 Å². The van der Waals surface area contributed by atoms with Crippen LogP contribution in [0, 0.1) is 5.92 Å². The van der Waals surface area contributed by atoms with Gasteiger partial charge in [0.1, 0.15) is 0 Å². The van der Waals surface area contributed by atoms with Crippen molar-refractivity contribution in [2.45, 2.75) is 25.4 Å². The summed E-state index contributed by atoms with van der Waals surface area (Å²) in [6.45, 7) is 0.434. The minimum Gasteiger partial charge on any atom is -0.481 e. The molecule has 1 aliphatic rings. The van der Waals surface area contributed by atoms with Gasteiger partial charge in [-0.1, -0.05) is 60.7 Å². The molecule has 2 atom stereocenters. The highest BCUT2D eigenvalue weighted by atomic mass is 16.4. The molecule has 0 radical (unpaired) electrons. The normalized spacial score (nSPS) is 21.2. The van der Waals surface area contributed by atoms with Crippen LogP contribution in [0.15, 0.2) is 60.7 Å². The molecule has 1 heterocycles. The van der Waals surface area contributed by atoms with E-state index in [1.165, 1.54) is 0 Å². The van der Waals surface area contributed by atoms with Gasteiger partial charge in [-0.15, -0.1) is 0 Å². The molecule has 3 rings (SSSR count). The molecule has 1 amide bonds. The van der Waals surface area contributed by atoms with Crippen molar-refractivity contribution in [1.82, 2.24) is 4.90 Å². The van der Waals surface area contributed by atoms with Crippen molar-refractivity contribution >= 4 is 11.9 Å². The molecule has 2 aromatic carbocycles. The van der Waals surface area contributed by atoms with Crippen LogP contribution in [0.5, 0.6) is 0 Å². The van der Waals surface area contributed by atoms with Crippen LogP contribution >= 0.6 is 0 Å². The van der Waals surface area contributed by atoms with E-state index in [0.29, 0.717) is 13.0 Å². The molecule has 4 nitrogen and oxygen atoms in total. The Kier molecular flexibility index (Phi) is 4.42. The first-order chi connectivity index (χ1) is 11.2. The maximum atomic E-state index is 12.5. The summed E-state index contributed by atoms with van der Waals surface area (Å²) in [5.74, 6) is -1.40. The van der Waals surface area contributed by atoms with Crippen LogP contribution in [0.1, 0.15) is 30.0 Å². The van der Waals surface area contributed by atoms with Gasteiger partial charge in [0.05, 0.1) is 12.0 Å². The Morgan fingerprint density at radius 2 is 1.65 bits per heavy atom. The lowest BCUT2D eigenvalue weighted by Gasteiger charge is -2.40. The minimum absolute atomic E-state index is 0.0141. The Balaban J connectivity index is 1.97. The third-order valence-electron chi connectivity index (χ3n) is 4.36. The molecule has 0 unspecified atom stereocenters. The van der Waals surface area contributed by atoms with Gasteiger partial charge >= 0.3 is 5.97 Å². The summed E-state index contributed by atoms with van der Waals surface area (Å²) in [6, 6.07) is 18.7. The van der Waals surface area contributed by atoms with Gasteiger partial charge < -0.3 is 10.0 Å². The van der Waals surface area contributed by atoms with Crippen molar-refractivity contribution in [3.63, 3.8) is 0 Å². The summed E-state index contributed by atoms with van der Waals surface area (Å²) >= 11 is 0. The maximum Gasteiger partial charge on any atom is 0.308 e. The number of rotatable bonds is 4. The number of hydrogen-bond acceptors (Lipinski definition) is 2. The van der Waals surface area contributed by atoms with Gasteiger partial charge in [0.15, 0.2) is 0 Å². The highest BCUT2D eigenvalue weighted by molar-refractivity contribution is 5.81. The molecular formula is C19H19NO3. The van der Waals surface area contributed by atoms with Crippen LogP contribution in [-0.2, 0) is 16.1 Å². The number of carboxylic acid groups (broad SMARTS) is 1. The largest absolute Gasteiger partial charge is 0.481 e. The Bertz CT molecular complexity index is 684. The Hall–Kier alpha value is -2.62. The summed E-state index contributed by atoms with van der Waals surface area (Å²) in [5, 5.41) is 9.60. The smallest absolute Gasteiger partial charge is 0.308 e. The topological polar surface area (TPSA) is 57.6 Å². The molecule has 4 heteroatoms. The Morgan fingerprint density at radius 1 is 1.04 bits per heavy atom. The first kappa shape index (κ1) is 15.3. The summed E-state index contributed by atoms with van der Waals surface area (Å²) in [4.78, 5) is 25.9. The zero-order valence-corrected chi connectivity index (χ0v) is 12.8. The quantitative estimate of drug-likeness (QED) is 0.943. The molecular weight excluding hydrogens is 290 g/mol. The summed E-state index contributed by atoms with van der Waals surface area (Å²) in [7, 11) is 0. The number of aliphatic carboxylic acids is 1. The first-order valence-corrected chi connectivity index (χ1v) is 7.78. The zero-order chi connectivity index (χ0) is 16.2. The van der Waals surface area contributed by atoms with Crippen LogP contribution in [0.2, 0.25) is 0 Å². The average molecular weight is 309 g/mol. The lowest BCUT2D eigenvalue weighted by molar-refractivity contribution is -0.152. The standard InChI is InChI=1S/C19H19NO3/c21-17-12-11-16(19(22)23)18(15-9-5-2-6-10-15)20(17)13-14-7-3-1-4-8-14/h1-10,16,18H,11-13H2,(H,22,23)/t16-,18+/m0/s1. The van der Waals surface area contributed by atoms with Crippen LogP contribution in [-0.4, -0.2) is 21.9 Å². The highest BCUT2D eigenvalue weighted by Gasteiger charge is 2.40. The number of benzene rings is 2. The molecule has 1 aliphatic heterocycles. The van der Waals surface area contributed by atoms with Gasteiger partial charge in [-0.05, 0) is 17.5 Å². The average Bonchev–Trinajstić information content (AvgIpc) is 2.58. The van der Waals surface area contributed by atoms with E-state index < -0.39 is 17.9 Å². The van der Waals surface area contributed by atoms with Gasteiger partial charge in [-0.3, -0.25) is 9.59 Å². The fourth-order valence-electron chi connectivity index (χ4n) is 3.24. The van der Waals surface area contributed by atoms with Crippen molar-refractivity contribution in [2.24, 2.45) is 5.92 Å². The SMILES string of the molecule is O=C(O)[C@H]1CCC(=O)N(Cc2ccccc2)[C@@H]1c1ccccc1. The molecule has 0 aliphatic carbocycles. The number of carboxylic acids is 1. The fraction of sp³-hybridized carbons (Fsp3) is 0.263. The predicted molar refractivity (Wildman–Crippen MR) is 86.5 cm³/mol. The number of piperidine rings is 1. The fourth-order valence-corrected chi connectivity index (χ4v) is 3.24. The van der Waals surface area contributed by atoms with Crippen molar-refractivity contribution in [1.29, 1.82) is 0 Å². The lowest BCUT2D eigenvalue weighted by Crippen LogP contribution is -2.44. The number of likely N-dealkylation sites (tertiary alicyclic amines) is 1. The minimum atomic E-state index is -0.843. The molecule has 23 heavy (non-hydrogen) atoms. The van der Waals surface area contributed by atoms with Crippen LogP contribution in [0.25, 0.3) is 0 Å². The van der Waals surface area contributed by atoms with Gasteiger partial charge in [0.25, 0.3) is 0 Å². The molecule has 0 bridgehead atoms. The van der Waals surface area contributed by atoms with E-state index in [2.05, 4.69) is 0 Å². The number of carbonyl (C=O) groups is 2. The molecule has 0 saturated carbocycles. The van der Waals surface area contributed by atoms with Crippen molar-refractivity contribution in [3.05, 3.63) is 71.8 Å². The van der Waals surface area contributed by atoms with Gasteiger partial charge in [0, 0.05) is 13.0 Å². The van der Waals surface area contributed by atoms with Gasteiger partial charge in [-0.25, -0.2) is 0 Å². The molecule has 0 spiro atoms. The number of amides is 1. The molecule has 1 fully saturated rings. The van der Waals surface area contributed by atoms with E-state index in [0.717, 1.165) is 11.1 Å². The lowest BCUT2D eigenvalue weighted by atomic mass is 9.84. The van der Waals surface area contributed by atoms with E-state index in [9.17, 15) is 14.7 Å². The molecule has 2 aromatic rings. The zero-order valence-electron chi connectivity index (χ0n) is 12.8. The third kappa shape index (κ3) is 3.26. The monoisotopic (exact) mass is 309 g/mol. The second-order valence-electron chi connectivity index (χ2n) is 5.85. The second-order valence-corrected chi connectivity index (χ2v) is 5.85. The maximum absolute atomic E-state index is 12.5. The first-order valence-electron chi connectivity index (χ1n) is 7.78. The number of nitrogens with zero attached hydrogens (tertiary/aromatic N) is 1. The number of hydrogen-bond donors (Lipinski definition) is 1. The Morgan fingerprint density at radius 3 is 2.26 bits per heavy atom. The van der Waals surface area contributed by atoms with Crippen LogP contribution in [0.3, 0.4) is 0 Å². The van der Waals surface area contributed by atoms with Crippen LogP contribution in [0.4, 0.5) is 0 Å². The highest BCUT2D eigenvalue weighted by Crippen LogP contribution is 2.37. The molecule has 1 saturated heterocycles. The van der Waals surface area contributed by atoms with Crippen molar-refractivity contribution in [2.75, 3.05) is 0 Å². The molecule has 1 N–H and O–H groups in total. The van der Waals surface area contributed by atoms with E-state index in [1.54, 1.807) is 4.90 Å². The summed E-state index contributed by atoms with van der Waals surface area (Å²) < 4.78 is 0. The summed E-state index contributed by atoms with van der Waals surface area (Å²) in [5.41, 5.74) is 1.89. The summed E-state index contributed by atoms with van der Waals surface area (Å²) in [6.07, 6.45) is 0.673. The predicted octanol–water partition coefficient (Wildman–Crippen LogP) is 3.25. The molecule has 118 valence electrons. The Labute approximate surface area is 135 Å². The second kappa shape index (κ2) is 6.65. The van der Waals surface area contributed by atoms with Crippen LogP contribution < -0.4 is 0 Å². The number of carbonyl (C=O) groups excluding carboxylic acids is 1. The van der Waals surface area contributed by atoms with E-state index >= 15 is 0 Å².